The Morgan fingerprint density at radius 1 is 0.957 bits per heavy atom. The summed E-state index contributed by atoms with van der Waals surface area (Å²) in [5.74, 6) is -2.47. The molecule has 2 unspecified atom stereocenters. The van der Waals surface area contributed by atoms with Gasteiger partial charge in [-0.1, -0.05) is 29.8 Å². The highest BCUT2D eigenvalue weighted by atomic mass is 32.2. The van der Waals surface area contributed by atoms with Crippen LogP contribution in [0.5, 0.6) is 5.75 Å². The second-order valence-corrected chi connectivity index (χ2v) is 14.1. The predicted octanol–water partition coefficient (Wildman–Crippen LogP) is 6.90. The molecule has 3 aromatic carbocycles. The number of benzene rings is 3. The first kappa shape index (κ1) is 30.8. The Hall–Kier alpha value is -4.84. The van der Waals surface area contributed by atoms with Crippen molar-refractivity contribution < 1.29 is 31.8 Å². The molecular weight excluding hydrogens is 626 g/mol. The van der Waals surface area contributed by atoms with Gasteiger partial charge in [0.05, 0.1) is 23.6 Å². The summed E-state index contributed by atoms with van der Waals surface area (Å²) in [5, 5.41) is 13.5. The van der Waals surface area contributed by atoms with E-state index < -0.39 is 39.6 Å². The molecule has 3 aliphatic rings. The minimum Gasteiger partial charge on any atom is -0.496 e. The number of carboxylic acids is 1. The first-order valence-electron chi connectivity index (χ1n) is 15.4. The molecule has 2 aromatic heterocycles. The van der Waals surface area contributed by atoms with E-state index in [2.05, 4.69) is 5.32 Å². The lowest BCUT2D eigenvalue weighted by Gasteiger charge is -2.47. The fraction of sp³-hybridized carbons (Fsp3) is 0.286. The van der Waals surface area contributed by atoms with Gasteiger partial charge in [0.1, 0.15) is 22.9 Å². The van der Waals surface area contributed by atoms with E-state index in [9.17, 15) is 22.7 Å². The van der Waals surface area contributed by atoms with Gasteiger partial charge in [-0.15, -0.1) is 0 Å². The summed E-state index contributed by atoms with van der Waals surface area (Å²) in [4.78, 5) is 21.9. The smallest absolute Gasteiger partial charge is 0.308 e. The van der Waals surface area contributed by atoms with Crippen molar-refractivity contribution in [1.29, 1.82) is 0 Å². The van der Waals surface area contributed by atoms with Crippen molar-refractivity contribution >= 4 is 32.7 Å². The Balaban J connectivity index is 1.44. The van der Waals surface area contributed by atoms with Crippen LogP contribution >= 0.6 is 0 Å². The number of carboxylic acid groups (broad SMARTS) is 1. The van der Waals surface area contributed by atoms with E-state index in [1.165, 1.54) is 25.4 Å². The Labute approximate surface area is 270 Å². The molecule has 0 saturated heterocycles. The molecule has 3 aliphatic carbocycles. The Morgan fingerprint density at radius 2 is 1.66 bits per heavy atom. The third-order valence-corrected chi connectivity index (χ3v) is 11.2. The zero-order valence-electron chi connectivity index (χ0n) is 25.7. The van der Waals surface area contributed by atoms with E-state index in [-0.39, 0.29) is 39.0 Å². The zero-order valence-corrected chi connectivity index (χ0v) is 26.5. The maximum absolute atomic E-state index is 15.5. The lowest BCUT2D eigenvalue weighted by Crippen LogP contribution is -2.51. The molecule has 2 heterocycles. The number of aliphatic carboxylic acids is 1. The molecule has 47 heavy (non-hydrogen) atoms. The summed E-state index contributed by atoms with van der Waals surface area (Å²) in [7, 11) is -2.82. The molecule has 0 spiro atoms. The summed E-state index contributed by atoms with van der Waals surface area (Å²) in [6.07, 6.45) is 4.70. The highest BCUT2D eigenvalue weighted by molar-refractivity contribution is 7.90. The summed E-state index contributed by atoms with van der Waals surface area (Å²) >= 11 is 0. The Bertz CT molecular complexity index is 2130. The van der Waals surface area contributed by atoms with Crippen LogP contribution in [0.25, 0.3) is 33.5 Å². The standard InChI is InChI=1S/C35H32F2N4O5S/c1-19-7-13-23(14-8-19)47(44,45)41-18-26(25-15-22(36)16-27(37)33(25)41)34-38-28(24-5-3-4-6-29(24)46-2)17-30(40-34)39-32-21-11-9-20(10-12-21)31(32)35(42)43/h3-8,13-18,20-21,31-32H,9-12H2,1-2H3,(H,42,43)(H,38,39,40). The van der Waals surface area contributed by atoms with Crippen LogP contribution < -0.4 is 10.1 Å². The van der Waals surface area contributed by atoms with Gasteiger partial charge in [-0.2, -0.15) is 0 Å². The minimum atomic E-state index is -4.34. The van der Waals surface area contributed by atoms with E-state index in [0.29, 0.717) is 28.9 Å². The van der Waals surface area contributed by atoms with Crippen LogP contribution in [0.3, 0.4) is 0 Å². The topological polar surface area (TPSA) is 123 Å². The first-order valence-corrected chi connectivity index (χ1v) is 16.8. The number of fused-ring (bicyclic) bond motifs is 4. The van der Waals surface area contributed by atoms with Crippen LogP contribution in [-0.4, -0.2) is 46.6 Å². The molecule has 3 fully saturated rings. The Kier molecular flexibility index (Phi) is 7.70. The number of para-hydroxylation sites is 1. The molecule has 242 valence electrons. The summed E-state index contributed by atoms with van der Waals surface area (Å²) in [6, 6.07) is 16.3. The average molecular weight is 659 g/mol. The fourth-order valence-electron chi connectivity index (χ4n) is 7.26. The number of ether oxygens (including phenoxy) is 1. The predicted molar refractivity (Wildman–Crippen MR) is 173 cm³/mol. The number of aromatic nitrogens is 3. The van der Waals surface area contributed by atoms with Crippen molar-refractivity contribution in [3.05, 3.63) is 90.1 Å². The number of hydrogen-bond donors (Lipinski definition) is 2. The number of halogens is 2. The maximum Gasteiger partial charge on any atom is 0.308 e. The highest BCUT2D eigenvalue weighted by Gasteiger charge is 2.47. The van der Waals surface area contributed by atoms with E-state index >= 15 is 4.39 Å². The zero-order chi connectivity index (χ0) is 33.0. The van der Waals surface area contributed by atoms with Crippen LogP contribution in [0.4, 0.5) is 14.6 Å². The quantitative estimate of drug-likeness (QED) is 0.185. The number of aryl methyl sites for hydroxylation is 1. The largest absolute Gasteiger partial charge is 0.496 e. The lowest BCUT2D eigenvalue weighted by molar-refractivity contribution is -0.148. The SMILES string of the molecule is COc1ccccc1-c1cc(NC2C3CCC(CC3)C2C(=O)O)nc(-c2cn(S(=O)(=O)c3ccc(C)cc3)c3c(F)cc(F)cc23)n1. The molecule has 0 amide bonds. The van der Waals surface area contributed by atoms with E-state index in [4.69, 9.17) is 14.7 Å². The molecule has 2 bridgehead atoms. The number of hydrogen-bond acceptors (Lipinski definition) is 7. The van der Waals surface area contributed by atoms with E-state index in [0.717, 1.165) is 41.3 Å². The van der Waals surface area contributed by atoms with Gasteiger partial charge in [-0.3, -0.25) is 4.79 Å². The van der Waals surface area contributed by atoms with Crippen molar-refractivity contribution in [2.45, 2.75) is 43.5 Å². The molecule has 2 atom stereocenters. The highest BCUT2D eigenvalue weighted by Crippen LogP contribution is 2.47. The molecule has 0 aliphatic heterocycles. The first-order chi connectivity index (χ1) is 22.5. The number of nitrogens with one attached hydrogen (secondary N) is 1. The van der Waals surface area contributed by atoms with E-state index in [1.54, 1.807) is 42.5 Å². The van der Waals surface area contributed by atoms with Gasteiger partial charge < -0.3 is 15.2 Å². The van der Waals surface area contributed by atoms with Crippen LogP contribution in [0.15, 0.2) is 77.8 Å². The molecule has 0 radical (unpaired) electrons. The molecule has 5 aromatic rings. The van der Waals surface area contributed by atoms with Gasteiger partial charge in [-0.05, 0) is 74.8 Å². The molecule has 3 saturated carbocycles. The van der Waals surface area contributed by atoms with Crippen LogP contribution in [-0.2, 0) is 14.8 Å². The van der Waals surface area contributed by atoms with Gasteiger partial charge >= 0.3 is 5.97 Å². The van der Waals surface area contributed by atoms with Crippen molar-refractivity contribution in [3.63, 3.8) is 0 Å². The molecule has 2 N–H and O–H groups in total. The molecular formula is C35H32F2N4O5S. The lowest BCUT2D eigenvalue weighted by atomic mass is 9.61. The normalized spacial score (nSPS) is 20.8. The molecule has 9 nitrogen and oxygen atoms in total. The van der Waals surface area contributed by atoms with Gasteiger partial charge in [0.15, 0.2) is 11.6 Å². The summed E-state index contributed by atoms with van der Waals surface area (Å²) in [5.41, 5.74) is 1.55. The van der Waals surface area contributed by atoms with Crippen molar-refractivity contribution in [1.82, 2.24) is 13.9 Å². The third kappa shape index (κ3) is 5.40. The van der Waals surface area contributed by atoms with E-state index in [1.807, 2.05) is 6.92 Å². The van der Waals surface area contributed by atoms with Gasteiger partial charge in [-0.25, -0.2) is 31.1 Å². The second kappa shape index (κ2) is 11.8. The number of rotatable bonds is 8. The number of carbonyl (C=O) groups is 1. The summed E-state index contributed by atoms with van der Waals surface area (Å²) in [6.45, 7) is 1.82. The fourth-order valence-corrected chi connectivity index (χ4v) is 8.63. The monoisotopic (exact) mass is 658 g/mol. The van der Waals surface area contributed by atoms with Crippen LogP contribution in [0.1, 0.15) is 31.2 Å². The number of methoxy groups -OCH3 is 1. The number of nitrogens with zero attached hydrogens (tertiary/aromatic N) is 3. The number of anilines is 1. The van der Waals surface area contributed by atoms with Crippen molar-refractivity contribution in [2.24, 2.45) is 17.8 Å². The van der Waals surface area contributed by atoms with Crippen molar-refractivity contribution in [2.75, 3.05) is 12.4 Å². The molecule has 12 heteroatoms. The second-order valence-electron chi connectivity index (χ2n) is 12.3. The molecule has 8 rings (SSSR count). The van der Waals surface area contributed by atoms with Crippen molar-refractivity contribution in [3.8, 4) is 28.4 Å². The minimum absolute atomic E-state index is 0.00314. The van der Waals surface area contributed by atoms with Gasteiger partial charge in [0.2, 0.25) is 0 Å². The average Bonchev–Trinajstić information content (AvgIpc) is 3.46. The van der Waals surface area contributed by atoms with Gasteiger partial charge in [0.25, 0.3) is 10.0 Å². The maximum atomic E-state index is 15.5. The Morgan fingerprint density at radius 3 is 2.36 bits per heavy atom. The van der Waals surface area contributed by atoms with Gasteiger partial charge in [0, 0.05) is 40.9 Å². The van der Waals surface area contributed by atoms with Crippen LogP contribution in [0, 0.1) is 36.3 Å². The summed E-state index contributed by atoms with van der Waals surface area (Å²) < 4.78 is 64.5. The third-order valence-electron chi connectivity index (χ3n) is 9.53. The van der Waals surface area contributed by atoms with Crippen LogP contribution in [0.2, 0.25) is 0 Å².